The third kappa shape index (κ3) is 3.99. The number of thiazole rings is 1. The van der Waals surface area contributed by atoms with E-state index in [0.29, 0.717) is 16.5 Å². The molecule has 26 heavy (non-hydrogen) atoms. The van der Waals surface area contributed by atoms with Gasteiger partial charge in [0.1, 0.15) is 24.0 Å². The van der Waals surface area contributed by atoms with Gasteiger partial charge in [-0.05, 0) is 6.08 Å². The molecule has 1 aliphatic heterocycles. The second-order valence-electron chi connectivity index (χ2n) is 5.53. The number of anilines is 1. The predicted octanol–water partition coefficient (Wildman–Crippen LogP) is 0.932. The molecule has 3 heterocycles. The fourth-order valence-corrected chi connectivity index (χ4v) is 3.05. The Kier molecular flexibility index (Phi) is 5.16. The molecule has 0 aliphatic carbocycles. The molecule has 0 saturated heterocycles. The standard InChI is InChI=1S/C15H17N5O5S/c1-8(21)24-6-13-14(25-9(2)22)12(3-4-23-13)20-5-10(18-19-20)11-7-26-15(16)17-11/h3-5,7,12-14H,6H2,1-2H3,(H2,16,17)/t12-,13?,14?/m1/s1. The molecule has 0 fully saturated rings. The van der Waals surface area contributed by atoms with E-state index in [2.05, 4.69) is 15.3 Å². The molecular formula is C15H17N5O5S. The van der Waals surface area contributed by atoms with Gasteiger partial charge in [-0.15, -0.1) is 16.4 Å². The summed E-state index contributed by atoms with van der Waals surface area (Å²) in [5.74, 6) is -0.940. The second kappa shape index (κ2) is 7.52. The zero-order valence-electron chi connectivity index (χ0n) is 14.1. The van der Waals surface area contributed by atoms with Crippen LogP contribution in [0.3, 0.4) is 0 Å². The summed E-state index contributed by atoms with van der Waals surface area (Å²) < 4.78 is 17.4. The van der Waals surface area contributed by atoms with Gasteiger partial charge in [0.15, 0.2) is 17.3 Å². The molecule has 2 N–H and O–H groups in total. The Morgan fingerprint density at radius 3 is 2.81 bits per heavy atom. The van der Waals surface area contributed by atoms with Crippen LogP contribution in [0.2, 0.25) is 0 Å². The van der Waals surface area contributed by atoms with Gasteiger partial charge >= 0.3 is 11.9 Å². The van der Waals surface area contributed by atoms with Crippen molar-refractivity contribution in [1.82, 2.24) is 20.0 Å². The molecule has 0 spiro atoms. The van der Waals surface area contributed by atoms with Crippen LogP contribution in [-0.4, -0.2) is 50.7 Å². The first-order chi connectivity index (χ1) is 12.4. The van der Waals surface area contributed by atoms with E-state index in [4.69, 9.17) is 19.9 Å². The van der Waals surface area contributed by atoms with Crippen LogP contribution in [0.5, 0.6) is 0 Å². The Labute approximate surface area is 152 Å². The number of carbonyl (C=O) groups is 2. The lowest BCUT2D eigenvalue weighted by molar-refractivity contribution is -0.163. The number of hydrogen-bond donors (Lipinski definition) is 1. The van der Waals surface area contributed by atoms with E-state index >= 15 is 0 Å². The van der Waals surface area contributed by atoms with Crippen molar-refractivity contribution in [2.45, 2.75) is 32.1 Å². The number of nitrogens with two attached hydrogens (primary N) is 1. The molecular weight excluding hydrogens is 362 g/mol. The first kappa shape index (κ1) is 17.9. The fraction of sp³-hybridized carbons (Fsp3) is 0.400. The molecule has 2 aromatic rings. The summed E-state index contributed by atoms with van der Waals surface area (Å²) in [6.07, 6.45) is 3.41. The highest BCUT2D eigenvalue weighted by Crippen LogP contribution is 2.28. The van der Waals surface area contributed by atoms with Crippen LogP contribution in [0, 0.1) is 0 Å². The van der Waals surface area contributed by atoms with Gasteiger partial charge in [0, 0.05) is 19.2 Å². The Morgan fingerprint density at radius 1 is 1.35 bits per heavy atom. The van der Waals surface area contributed by atoms with Crippen LogP contribution in [0.25, 0.3) is 11.4 Å². The van der Waals surface area contributed by atoms with E-state index in [-0.39, 0.29) is 6.61 Å². The smallest absolute Gasteiger partial charge is 0.303 e. The normalized spacial score (nSPS) is 21.8. The van der Waals surface area contributed by atoms with Crippen LogP contribution in [0.4, 0.5) is 5.13 Å². The maximum Gasteiger partial charge on any atom is 0.303 e. The fourth-order valence-electron chi connectivity index (χ4n) is 2.49. The number of ether oxygens (including phenoxy) is 3. The molecule has 138 valence electrons. The number of nitrogen functional groups attached to an aromatic ring is 1. The van der Waals surface area contributed by atoms with Crippen molar-refractivity contribution < 1.29 is 23.8 Å². The zero-order chi connectivity index (χ0) is 18.7. The summed E-state index contributed by atoms with van der Waals surface area (Å²) in [5, 5.41) is 10.4. The van der Waals surface area contributed by atoms with E-state index < -0.39 is 30.2 Å². The molecule has 0 bridgehead atoms. The van der Waals surface area contributed by atoms with Crippen molar-refractivity contribution in [3.05, 3.63) is 23.9 Å². The zero-order valence-corrected chi connectivity index (χ0v) is 14.9. The summed E-state index contributed by atoms with van der Waals surface area (Å²) >= 11 is 1.30. The maximum atomic E-state index is 11.5. The highest BCUT2D eigenvalue weighted by Gasteiger charge is 2.37. The van der Waals surface area contributed by atoms with Gasteiger partial charge in [-0.1, -0.05) is 5.21 Å². The Bertz CT molecular complexity index is 832. The molecule has 1 aliphatic rings. The first-order valence-electron chi connectivity index (χ1n) is 7.70. The predicted molar refractivity (Wildman–Crippen MR) is 90.8 cm³/mol. The number of rotatable bonds is 5. The molecule has 3 atom stereocenters. The van der Waals surface area contributed by atoms with Crippen LogP contribution >= 0.6 is 11.3 Å². The monoisotopic (exact) mass is 379 g/mol. The van der Waals surface area contributed by atoms with Gasteiger partial charge in [0.25, 0.3) is 0 Å². The third-order valence-corrected chi connectivity index (χ3v) is 4.26. The molecule has 3 rings (SSSR count). The van der Waals surface area contributed by atoms with Crippen LogP contribution in [-0.2, 0) is 23.8 Å². The van der Waals surface area contributed by atoms with Crippen LogP contribution < -0.4 is 5.73 Å². The highest BCUT2D eigenvalue weighted by molar-refractivity contribution is 7.13. The van der Waals surface area contributed by atoms with Gasteiger partial charge in [0.2, 0.25) is 0 Å². The summed E-state index contributed by atoms with van der Waals surface area (Å²) in [7, 11) is 0. The average Bonchev–Trinajstić information content (AvgIpc) is 3.22. The first-order valence-corrected chi connectivity index (χ1v) is 8.58. The minimum Gasteiger partial charge on any atom is -0.491 e. The molecule has 0 amide bonds. The van der Waals surface area contributed by atoms with Gasteiger partial charge in [-0.2, -0.15) is 0 Å². The number of aromatic nitrogens is 4. The number of nitrogens with zero attached hydrogens (tertiary/aromatic N) is 4. The number of hydrogen-bond acceptors (Lipinski definition) is 10. The number of esters is 2. The van der Waals surface area contributed by atoms with Crippen molar-refractivity contribution in [3.63, 3.8) is 0 Å². The largest absolute Gasteiger partial charge is 0.491 e. The van der Waals surface area contributed by atoms with Crippen molar-refractivity contribution in [1.29, 1.82) is 0 Å². The molecule has 0 radical (unpaired) electrons. The SMILES string of the molecule is CC(=O)OCC1OC=C[C@@H](n2cc(-c3csc(N)n3)nn2)C1OC(C)=O. The molecule has 0 aromatic carbocycles. The molecule has 0 saturated carbocycles. The van der Waals surface area contributed by atoms with Crippen molar-refractivity contribution in [2.24, 2.45) is 0 Å². The third-order valence-electron chi connectivity index (χ3n) is 3.59. The molecule has 2 aromatic heterocycles. The van der Waals surface area contributed by atoms with Gasteiger partial charge in [-0.3, -0.25) is 9.59 Å². The van der Waals surface area contributed by atoms with E-state index in [9.17, 15) is 9.59 Å². The van der Waals surface area contributed by atoms with E-state index in [1.54, 1.807) is 17.7 Å². The maximum absolute atomic E-state index is 11.5. The summed E-state index contributed by atoms with van der Waals surface area (Å²) in [5.41, 5.74) is 6.79. The summed E-state index contributed by atoms with van der Waals surface area (Å²) in [6.45, 7) is 2.53. The van der Waals surface area contributed by atoms with E-state index in [1.165, 1.54) is 36.1 Å². The van der Waals surface area contributed by atoms with Gasteiger partial charge in [-0.25, -0.2) is 9.67 Å². The van der Waals surface area contributed by atoms with Gasteiger partial charge in [0.05, 0.1) is 12.5 Å². The minimum absolute atomic E-state index is 0.0572. The molecule has 10 nitrogen and oxygen atoms in total. The van der Waals surface area contributed by atoms with Gasteiger partial charge < -0.3 is 19.9 Å². The Hall–Kier alpha value is -2.95. The second-order valence-corrected chi connectivity index (χ2v) is 6.41. The average molecular weight is 379 g/mol. The van der Waals surface area contributed by atoms with Crippen molar-refractivity contribution in [2.75, 3.05) is 12.3 Å². The minimum atomic E-state index is -0.744. The van der Waals surface area contributed by atoms with Crippen molar-refractivity contribution in [3.8, 4) is 11.4 Å². The summed E-state index contributed by atoms with van der Waals surface area (Å²) in [4.78, 5) is 26.8. The van der Waals surface area contributed by atoms with E-state index in [0.717, 1.165) is 0 Å². The summed E-state index contributed by atoms with van der Waals surface area (Å²) in [6, 6.07) is -0.481. The Morgan fingerprint density at radius 2 is 2.15 bits per heavy atom. The topological polar surface area (TPSA) is 131 Å². The lowest BCUT2D eigenvalue weighted by Gasteiger charge is -2.33. The quantitative estimate of drug-likeness (QED) is 0.753. The van der Waals surface area contributed by atoms with Crippen LogP contribution in [0.15, 0.2) is 23.9 Å². The molecule has 2 unspecified atom stereocenters. The number of carbonyl (C=O) groups excluding carboxylic acids is 2. The highest BCUT2D eigenvalue weighted by atomic mass is 32.1. The van der Waals surface area contributed by atoms with Crippen LogP contribution in [0.1, 0.15) is 19.9 Å². The lowest BCUT2D eigenvalue weighted by Crippen LogP contribution is -2.44. The lowest BCUT2D eigenvalue weighted by atomic mass is 10.0. The van der Waals surface area contributed by atoms with Crippen molar-refractivity contribution >= 4 is 28.4 Å². The van der Waals surface area contributed by atoms with E-state index in [1.807, 2.05) is 0 Å². The molecule has 11 heteroatoms. The Balaban J connectivity index is 1.85.